The number of benzene rings is 2. The molecule has 1 unspecified atom stereocenters. The van der Waals surface area contributed by atoms with Gasteiger partial charge in [0.1, 0.15) is 24.2 Å². The summed E-state index contributed by atoms with van der Waals surface area (Å²) in [6.45, 7) is 3.42. The van der Waals surface area contributed by atoms with Gasteiger partial charge in [0.25, 0.3) is 0 Å². The molecule has 2 N–H and O–H groups in total. The minimum absolute atomic E-state index is 0.248. The Morgan fingerprint density at radius 1 is 1.24 bits per heavy atom. The van der Waals surface area contributed by atoms with Crippen LogP contribution in [0.2, 0.25) is 0 Å². The molecule has 0 saturated carbocycles. The van der Waals surface area contributed by atoms with Gasteiger partial charge in [-0.3, -0.25) is 4.79 Å². The summed E-state index contributed by atoms with van der Waals surface area (Å²) in [4.78, 5) is 10.9. The zero-order valence-electron chi connectivity index (χ0n) is 14.7. The maximum absolute atomic E-state index is 10.9. The quantitative estimate of drug-likeness (QED) is 0.512. The van der Waals surface area contributed by atoms with Gasteiger partial charge in [-0.05, 0) is 55.3 Å². The van der Waals surface area contributed by atoms with Crippen LogP contribution in [0, 0.1) is 6.92 Å². The predicted octanol–water partition coefficient (Wildman–Crippen LogP) is 2.39. The van der Waals surface area contributed by atoms with Crippen molar-refractivity contribution in [3.63, 3.8) is 0 Å². The summed E-state index contributed by atoms with van der Waals surface area (Å²) in [6.07, 6.45) is 0.986. The second-order valence-corrected chi connectivity index (χ2v) is 5.93. The zero-order valence-corrected chi connectivity index (χ0v) is 14.7. The SMILES string of the molecule is COc1cc(CCNCC(O)COc2cccc(C)c2)ccc1C=O. The van der Waals surface area contributed by atoms with Crippen molar-refractivity contribution >= 4 is 6.29 Å². The molecule has 0 heterocycles. The summed E-state index contributed by atoms with van der Waals surface area (Å²) in [5.41, 5.74) is 2.74. The van der Waals surface area contributed by atoms with Gasteiger partial charge in [0.2, 0.25) is 0 Å². The van der Waals surface area contributed by atoms with Gasteiger partial charge in [-0.1, -0.05) is 18.2 Å². The Morgan fingerprint density at radius 2 is 2.08 bits per heavy atom. The molecule has 0 saturated heterocycles. The summed E-state index contributed by atoms with van der Waals surface area (Å²) in [7, 11) is 1.55. The highest BCUT2D eigenvalue weighted by molar-refractivity contribution is 5.79. The normalized spacial score (nSPS) is 11.8. The van der Waals surface area contributed by atoms with Crippen LogP contribution >= 0.6 is 0 Å². The van der Waals surface area contributed by atoms with Crippen LogP contribution in [-0.4, -0.2) is 44.3 Å². The number of hydrogen-bond donors (Lipinski definition) is 2. The summed E-state index contributed by atoms with van der Waals surface area (Å²) in [5.74, 6) is 1.35. The predicted molar refractivity (Wildman–Crippen MR) is 97.6 cm³/mol. The third-order valence-electron chi connectivity index (χ3n) is 3.83. The average Bonchev–Trinajstić information content (AvgIpc) is 2.63. The van der Waals surface area contributed by atoms with Crippen LogP contribution in [0.25, 0.3) is 0 Å². The zero-order chi connectivity index (χ0) is 18.1. The van der Waals surface area contributed by atoms with E-state index in [0.29, 0.717) is 24.4 Å². The van der Waals surface area contributed by atoms with Crippen LogP contribution in [0.1, 0.15) is 21.5 Å². The first-order valence-electron chi connectivity index (χ1n) is 8.32. The molecule has 1 atom stereocenters. The molecule has 2 rings (SSSR count). The van der Waals surface area contributed by atoms with Crippen LogP contribution in [0.5, 0.6) is 11.5 Å². The summed E-state index contributed by atoms with van der Waals surface area (Å²) in [5, 5.41) is 13.2. The molecule has 0 fully saturated rings. The second kappa shape index (κ2) is 9.81. The number of aryl methyl sites for hydroxylation is 1. The highest BCUT2D eigenvalue weighted by atomic mass is 16.5. The standard InChI is InChI=1S/C20H25NO4/c1-15-4-3-5-19(10-15)25-14-18(23)12-21-9-8-16-6-7-17(13-22)20(11-16)24-2/h3-7,10-11,13,18,21,23H,8-9,12,14H2,1-2H3. The Morgan fingerprint density at radius 3 is 2.80 bits per heavy atom. The van der Waals surface area contributed by atoms with Crippen molar-refractivity contribution in [1.82, 2.24) is 5.32 Å². The summed E-state index contributed by atoms with van der Waals surface area (Å²) in [6, 6.07) is 13.3. The van der Waals surface area contributed by atoms with E-state index in [9.17, 15) is 9.90 Å². The van der Waals surface area contributed by atoms with Crippen molar-refractivity contribution in [2.45, 2.75) is 19.4 Å². The Balaban J connectivity index is 1.69. The lowest BCUT2D eigenvalue weighted by molar-refractivity contribution is 0.106. The number of carbonyl (C=O) groups is 1. The Labute approximate surface area is 148 Å². The first-order chi connectivity index (χ1) is 12.1. The molecule has 0 aromatic heterocycles. The lowest BCUT2D eigenvalue weighted by Crippen LogP contribution is -2.32. The van der Waals surface area contributed by atoms with Gasteiger partial charge in [-0.25, -0.2) is 0 Å². The molecule has 5 heteroatoms. The number of aldehydes is 1. The van der Waals surface area contributed by atoms with Crippen molar-refractivity contribution in [2.24, 2.45) is 0 Å². The fourth-order valence-corrected chi connectivity index (χ4v) is 2.47. The van der Waals surface area contributed by atoms with Crippen molar-refractivity contribution in [3.05, 3.63) is 59.2 Å². The Kier molecular flexibility index (Phi) is 7.44. The molecule has 0 spiro atoms. The van der Waals surface area contributed by atoms with E-state index in [2.05, 4.69) is 5.32 Å². The lowest BCUT2D eigenvalue weighted by Gasteiger charge is -2.14. The third-order valence-corrected chi connectivity index (χ3v) is 3.83. The maximum atomic E-state index is 10.9. The van der Waals surface area contributed by atoms with E-state index < -0.39 is 6.10 Å². The van der Waals surface area contributed by atoms with Gasteiger partial charge < -0.3 is 19.9 Å². The van der Waals surface area contributed by atoms with Gasteiger partial charge in [0.15, 0.2) is 6.29 Å². The first kappa shape index (κ1) is 19.0. The van der Waals surface area contributed by atoms with Gasteiger partial charge >= 0.3 is 0 Å². The maximum Gasteiger partial charge on any atom is 0.153 e. The number of rotatable bonds is 10. The van der Waals surface area contributed by atoms with Crippen molar-refractivity contribution < 1.29 is 19.4 Å². The molecular weight excluding hydrogens is 318 g/mol. The number of nitrogens with one attached hydrogen (secondary N) is 1. The highest BCUT2D eigenvalue weighted by Crippen LogP contribution is 2.18. The molecular formula is C20H25NO4. The van der Waals surface area contributed by atoms with Crippen LogP contribution in [-0.2, 0) is 6.42 Å². The summed E-state index contributed by atoms with van der Waals surface area (Å²) < 4.78 is 10.8. The number of aliphatic hydroxyl groups is 1. The Hall–Kier alpha value is -2.37. The van der Waals surface area contributed by atoms with Crippen LogP contribution < -0.4 is 14.8 Å². The van der Waals surface area contributed by atoms with Crippen LogP contribution in [0.15, 0.2) is 42.5 Å². The molecule has 0 amide bonds. The number of hydrogen-bond acceptors (Lipinski definition) is 5. The van der Waals surface area contributed by atoms with Crippen LogP contribution in [0.3, 0.4) is 0 Å². The fraction of sp³-hybridized carbons (Fsp3) is 0.350. The van der Waals surface area contributed by atoms with Gasteiger partial charge in [0.05, 0.1) is 12.7 Å². The third kappa shape index (κ3) is 6.21. The molecule has 0 radical (unpaired) electrons. The first-order valence-corrected chi connectivity index (χ1v) is 8.32. The van der Waals surface area contributed by atoms with Gasteiger partial charge in [-0.15, -0.1) is 0 Å². The molecule has 0 aliphatic rings. The molecule has 0 aliphatic carbocycles. The number of aliphatic hydroxyl groups excluding tert-OH is 1. The van der Waals surface area contributed by atoms with Crippen molar-refractivity contribution in [2.75, 3.05) is 26.8 Å². The van der Waals surface area contributed by atoms with Gasteiger partial charge in [-0.2, -0.15) is 0 Å². The highest BCUT2D eigenvalue weighted by Gasteiger charge is 2.06. The van der Waals surface area contributed by atoms with E-state index >= 15 is 0 Å². The van der Waals surface area contributed by atoms with E-state index in [4.69, 9.17) is 9.47 Å². The second-order valence-electron chi connectivity index (χ2n) is 5.93. The topological polar surface area (TPSA) is 67.8 Å². The van der Waals surface area contributed by atoms with E-state index in [1.165, 1.54) is 0 Å². The van der Waals surface area contributed by atoms with E-state index in [-0.39, 0.29) is 6.61 Å². The van der Waals surface area contributed by atoms with Crippen LogP contribution in [0.4, 0.5) is 0 Å². The average molecular weight is 343 g/mol. The molecule has 5 nitrogen and oxygen atoms in total. The number of ether oxygens (including phenoxy) is 2. The molecule has 2 aromatic carbocycles. The van der Waals surface area contributed by atoms with E-state index in [0.717, 1.165) is 29.6 Å². The molecule has 0 bridgehead atoms. The summed E-state index contributed by atoms with van der Waals surface area (Å²) >= 11 is 0. The molecule has 25 heavy (non-hydrogen) atoms. The number of carbonyl (C=O) groups excluding carboxylic acids is 1. The van der Waals surface area contributed by atoms with Gasteiger partial charge in [0, 0.05) is 6.54 Å². The number of methoxy groups -OCH3 is 1. The van der Waals surface area contributed by atoms with Crippen molar-refractivity contribution in [3.8, 4) is 11.5 Å². The molecule has 2 aromatic rings. The van der Waals surface area contributed by atoms with E-state index in [1.54, 1.807) is 13.2 Å². The Bertz CT molecular complexity index is 687. The minimum Gasteiger partial charge on any atom is -0.496 e. The molecule has 0 aliphatic heterocycles. The van der Waals surface area contributed by atoms with E-state index in [1.807, 2.05) is 43.3 Å². The fourth-order valence-electron chi connectivity index (χ4n) is 2.47. The monoisotopic (exact) mass is 343 g/mol. The minimum atomic E-state index is -0.576. The van der Waals surface area contributed by atoms with Crippen molar-refractivity contribution in [1.29, 1.82) is 0 Å². The smallest absolute Gasteiger partial charge is 0.153 e. The molecule has 134 valence electrons. The largest absolute Gasteiger partial charge is 0.496 e. The lowest BCUT2D eigenvalue weighted by atomic mass is 10.1.